The van der Waals surface area contributed by atoms with Gasteiger partial charge in [-0.3, -0.25) is 0 Å². The highest BCUT2D eigenvalue weighted by Crippen LogP contribution is 2.16. The molecule has 0 radical (unpaired) electrons. The summed E-state index contributed by atoms with van der Waals surface area (Å²) in [6.45, 7) is 2.53. The molecule has 2 amide bonds. The van der Waals surface area contributed by atoms with Gasteiger partial charge in [0.05, 0.1) is 6.61 Å². The van der Waals surface area contributed by atoms with Crippen molar-refractivity contribution in [3.8, 4) is 0 Å². The average Bonchev–Trinajstić information content (AvgIpc) is 2.61. The molecule has 2 rings (SSSR count). The number of hydrogen-bond donors (Lipinski definition) is 5. The molecule has 0 saturated carbocycles. The third-order valence-electron chi connectivity index (χ3n) is 3.56. The molecule has 0 saturated heterocycles. The number of ether oxygens (including phenoxy) is 1. The number of anilines is 3. The van der Waals surface area contributed by atoms with E-state index in [-0.39, 0.29) is 15.0 Å². The standard InChI is InChI=1S/C19H24N4O2.H3N.2H2/c1-14-5-3-4-6-18(14)23-19(24)22-17-9-7-16(8-10-17)21-13-15(20)11-12-25-2;;;/h3-10,13,21H,11-12,20H2,1-2H3,(H2,22,23,24);1H3;2*1H/b15-13-;;;. The number of benzene rings is 2. The number of carbonyl (C=O) groups excluding carboxylic acids is 1. The predicted molar refractivity (Wildman–Crippen MR) is 112 cm³/mol. The van der Waals surface area contributed by atoms with E-state index in [2.05, 4.69) is 16.0 Å². The van der Waals surface area contributed by atoms with Crippen molar-refractivity contribution in [3.63, 3.8) is 0 Å². The van der Waals surface area contributed by atoms with Crippen LogP contribution in [0.25, 0.3) is 0 Å². The monoisotopic (exact) mass is 361 g/mol. The van der Waals surface area contributed by atoms with Gasteiger partial charge in [-0.1, -0.05) is 18.2 Å². The largest absolute Gasteiger partial charge is 0.401 e. The lowest BCUT2D eigenvalue weighted by atomic mass is 10.2. The van der Waals surface area contributed by atoms with Crippen LogP contribution in [0.15, 0.2) is 60.4 Å². The first-order chi connectivity index (χ1) is 12.1. The first-order valence-electron chi connectivity index (χ1n) is 8.02. The average molecular weight is 361 g/mol. The highest BCUT2D eigenvalue weighted by atomic mass is 16.5. The molecule has 0 fully saturated rings. The van der Waals surface area contributed by atoms with Crippen LogP contribution in [0.4, 0.5) is 21.9 Å². The van der Waals surface area contributed by atoms with Crippen LogP contribution in [-0.2, 0) is 4.74 Å². The second-order valence-electron chi connectivity index (χ2n) is 5.58. The molecule has 0 heterocycles. The number of carbonyl (C=O) groups is 1. The van der Waals surface area contributed by atoms with Gasteiger partial charge in [0.2, 0.25) is 0 Å². The lowest BCUT2D eigenvalue weighted by Crippen LogP contribution is -2.19. The summed E-state index contributed by atoms with van der Waals surface area (Å²) in [6.07, 6.45) is 2.41. The van der Waals surface area contributed by atoms with Crippen LogP contribution in [0, 0.1) is 6.92 Å². The van der Waals surface area contributed by atoms with E-state index in [1.807, 2.05) is 55.5 Å². The lowest BCUT2D eigenvalue weighted by molar-refractivity contribution is 0.202. The molecule has 2 aromatic rings. The zero-order valence-electron chi connectivity index (χ0n) is 15.2. The van der Waals surface area contributed by atoms with E-state index in [1.165, 1.54) is 0 Å². The molecule has 0 spiro atoms. The Hall–Kier alpha value is -3.03. The minimum absolute atomic E-state index is 0. The molecule has 0 aromatic heterocycles. The Balaban J connectivity index is 0. The molecule has 8 N–H and O–H groups in total. The molecular weight excluding hydrogens is 330 g/mol. The molecule has 7 nitrogen and oxygen atoms in total. The minimum atomic E-state index is -0.279. The predicted octanol–water partition coefficient (Wildman–Crippen LogP) is 4.54. The van der Waals surface area contributed by atoms with Gasteiger partial charge in [0.15, 0.2) is 0 Å². The first-order valence-corrected chi connectivity index (χ1v) is 8.02. The van der Waals surface area contributed by atoms with Crippen molar-refractivity contribution < 1.29 is 12.4 Å². The first kappa shape index (κ1) is 21.0. The maximum atomic E-state index is 12.1. The SMILES string of the molecule is COCC/C(N)=C/Nc1ccc(NC(=O)Nc2ccccc2C)cc1.N.[HH].[HH]. The highest BCUT2D eigenvalue weighted by Gasteiger charge is 2.04. The van der Waals surface area contributed by atoms with Gasteiger partial charge < -0.3 is 32.6 Å². The maximum absolute atomic E-state index is 12.1. The Kier molecular flexibility index (Phi) is 8.69. The second kappa shape index (κ2) is 10.8. The van der Waals surface area contributed by atoms with Crippen molar-refractivity contribution in [2.24, 2.45) is 5.73 Å². The highest BCUT2D eigenvalue weighted by molar-refractivity contribution is 6.00. The van der Waals surface area contributed by atoms with Crippen LogP contribution in [-0.4, -0.2) is 19.7 Å². The van der Waals surface area contributed by atoms with E-state index in [9.17, 15) is 4.79 Å². The van der Waals surface area contributed by atoms with Crippen molar-refractivity contribution in [3.05, 3.63) is 66.0 Å². The van der Waals surface area contributed by atoms with E-state index in [4.69, 9.17) is 10.5 Å². The van der Waals surface area contributed by atoms with E-state index in [0.717, 1.165) is 16.9 Å². The molecule has 2 aromatic carbocycles. The quantitative estimate of drug-likeness (QED) is 0.495. The molecule has 0 bridgehead atoms. The number of para-hydroxylation sites is 1. The van der Waals surface area contributed by atoms with Gasteiger partial charge >= 0.3 is 6.03 Å². The number of rotatable bonds is 7. The van der Waals surface area contributed by atoms with Crippen LogP contribution >= 0.6 is 0 Å². The Bertz CT molecular complexity index is 739. The number of urea groups is 1. The van der Waals surface area contributed by atoms with Crippen molar-refractivity contribution >= 4 is 23.1 Å². The van der Waals surface area contributed by atoms with Gasteiger partial charge in [-0.15, -0.1) is 0 Å². The fraction of sp³-hybridized carbons (Fsp3) is 0.211. The molecule has 0 unspecified atom stereocenters. The van der Waals surface area contributed by atoms with Crippen molar-refractivity contribution in [1.29, 1.82) is 0 Å². The Morgan fingerprint density at radius 3 is 2.42 bits per heavy atom. The number of nitrogens with one attached hydrogen (secondary N) is 3. The van der Waals surface area contributed by atoms with Gasteiger partial charge in [0.25, 0.3) is 0 Å². The normalized spacial score (nSPS) is 10.6. The summed E-state index contributed by atoms with van der Waals surface area (Å²) in [5.41, 5.74) is 9.93. The topological polar surface area (TPSA) is 123 Å². The van der Waals surface area contributed by atoms with Gasteiger partial charge in [0.1, 0.15) is 0 Å². The third-order valence-corrected chi connectivity index (χ3v) is 3.56. The number of aryl methyl sites for hydroxylation is 1. The van der Waals surface area contributed by atoms with E-state index in [1.54, 1.807) is 13.3 Å². The summed E-state index contributed by atoms with van der Waals surface area (Å²) < 4.78 is 4.97. The molecule has 26 heavy (non-hydrogen) atoms. The van der Waals surface area contributed by atoms with Crippen LogP contribution in [0.2, 0.25) is 0 Å². The van der Waals surface area contributed by atoms with Crippen molar-refractivity contribution in [2.45, 2.75) is 13.3 Å². The zero-order chi connectivity index (χ0) is 18.1. The van der Waals surface area contributed by atoms with Gasteiger partial charge in [-0.2, -0.15) is 0 Å². The molecule has 144 valence electrons. The molecule has 0 aliphatic rings. The van der Waals surface area contributed by atoms with Crippen LogP contribution < -0.4 is 27.8 Å². The zero-order valence-corrected chi connectivity index (χ0v) is 15.2. The van der Waals surface area contributed by atoms with E-state index < -0.39 is 0 Å². The van der Waals surface area contributed by atoms with Gasteiger partial charge in [0, 0.05) is 45.3 Å². The lowest BCUT2D eigenvalue weighted by Gasteiger charge is -2.10. The smallest absolute Gasteiger partial charge is 0.323 e. The Morgan fingerprint density at radius 1 is 1.12 bits per heavy atom. The Labute approximate surface area is 157 Å². The maximum Gasteiger partial charge on any atom is 0.323 e. The number of nitrogens with two attached hydrogens (primary N) is 1. The van der Waals surface area contributed by atoms with Gasteiger partial charge in [-0.05, 0) is 42.8 Å². The fourth-order valence-electron chi connectivity index (χ4n) is 2.12. The molecule has 0 aliphatic carbocycles. The summed E-state index contributed by atoms with van der Waals surface area (Å²) in [6, 6.07) is 14.7. The summed E-state index contributed by atoms with van der Waals surface area (Å²) >= 11 is 0. The minimum Gasteiger partial charge on any atom is -0.401 e. The second-order valence-corrected chi connectivity index (χ2v) is 5.58. The van der Waals surface area contributed by atoms with Crippen molar-refractivity contribution in [1.82, 2.24) is 6.15 Å². The van der Waals surface area contributed by atoms with Crippen molar-refractivity contribution in [2.75, 3.05) is 29.7 Å². The van der Waals surface area contributed by atoms with Crippen LogP contribution in [0.1, 0.15) is 14.8 Å². The Morgan fingerprint density at radius 2 is 1.77 bits per heavy atom. The van der Waals surface area contributed by atoms with Crippen LogP contribution in [0.3, 0.4) is 0 Å². The molecule has 0 aliphatic heterocycles. The number of methoxy groups -OCH3 is 1. The van der Waals surface area contributed by atoms with Crippen LogP contribution in [0.5, 0.6) is 0 Å². The molecule has 0 atom stereocenters. The van der Waals surface area contributed by atoms with E-state index >= 15 is 0 Å². The fourth-order valence-corrected chi connectivity index (χ4v) is 2.12. The summed E-state index contributed by atoms with van der Waals surface area (Å²) in [5, 5.41) is 8.74. The summed E-state index contributed by atoms with van der Waals surface area (Å²) in [7, 11) is 1.64. The molecular formula is C19H31N5O2. The third kappa shape index (κ3) is 6.84. The summed E-state index contributed by atoms with van der Waals surface area (Å²) in [4.78, 5) is 12.1. The van der Waals surface area contributed by atoms with Gasteiger partial charge in [-0.25, -0.2) is 4.79 Å². The number of hydrogen-bond acceptors (Lipinski definition) is 5. The van der Waals surface area contributed by atoms with E-state index in [0.29, 0.717) is 24.4 Å². The molecule has 7 heteroatoms. The number of amides is 2. The summed E-state index contributed by atoms with van der Waals surface area (Å²) in [5.74, 6) is 0.